The number of esters is 1. The number of rotatable bonds is 8. The van der Waals surface area contributed by atoms with Gasteiger partial charge in [-0.15, -0.1) is 0 Å². The molecule has 2 N–H and O–H groups in total. The van der Waals surface area contributed by atoms with Crippen LogP contribution < -0.4 is 16.2 Å². The minimum atomic E-state index is -0.597. The van der Waals surface area contributed by atoms with Crippen LogP contribution in [-0.4, -0.2) is 33.8 Å². The van der Waals surface area contributed by atoms with E-state index in [9.17, 15) is 19.2 Å². The van der Waals surface area contributed by atoms with Gasteiger partial charge in [-0.2, -0.15) is 0 Å². The zero-order chi connectivity index (χ0) is 27.4. The van der Waals surface area contributed by atoms with E-state index in [0.29, 0.717) is 29.1 Å². The summed E-state index contributed by atoms with van der Waals surface area (Å²) >= 11 is 0.971. The van der Waals surface area contributed by atoms with Gasteiger partial charge in [-0.05, 0) is 68.7 Å². The van der Waals surface area contributed by atoms with Crippen molar-refractivity contribution in [2.24, 2.45) is 0 Å². The zero-order valence-electron chi connectivity index (χ0n) is 21.6. The van der Waals surface area contributed by atoms with E-state index in [1.807, 2.05) is 32.9 Å². The predicted molar refractivity (Wildman–Crippen MR) is 148 cm³/mol. The highest BCUT2D eigenvalue weighted by Crippen LogP contribution is 2.26. The lowest BCUT2D eigenvalue weighted by molar-refractivity contribution is 0.0526. The summed E-state index contributed by atoms with van der Waals surface area (Å²) in [6.07, 6.45) is 1.39. The van der Waals surface area contributed by atoms with Crippen molar-refractivity contribution < 1.29 is 19.1 Å². The van der Waals surface area contributed by atoms with Crippen LogP contribution in [0.2, 0.25) is 0 Å². The highest BCUT2D eigenvalue weighted by Gasteiger charge is 2.27. The van der Waals surface area contributed by atoms with E-state index >= 15 is 0 Å². The largest absolute Gasteiger partial charge is 0.462 e. The molecular formula is C28H28N4O5S. The number of ether oxygens (including phenoxy) is 1. The van der Waals surface area contributed by atoms with E-state index in [1.165, 1.54) is 22.6 Å². The molecule has 0 radical (unpaired) electrons. The molecule has 0 fully saturated rings. The SMILES string of the molecule is CCCc1cc(=O)n2c(C(=O)Nc3cccc(C)c3C)c(C(=O)Nc3ccc(C(=O)OCC)cc3)sc2n1. The van der Waals surface area contributed by atoms with Gasteiger partial charge in [0.15, 0.2) is 4.96 Å². The Bertz CT molecular complexity index is 1590. The van der Waals surface area contributed by atoms with Gasteiger partial charge >= 0.3 is 5.97 Å². The van der Waals surface area contributed by atoms with Crippen molar-refractivity contribution in [2.45, 2.75) is 40.5 Å². The Morgan fingerprint density at radius 3 is 2.42 bits per heavy atom. The van der Waals surface area contributed by atoms with Crippen LogP contribution in [0.5, 0.6) is 0 Å². The molecule has 0 bridgehead atoms. The Hall–Kier alpha value is -4.31. The molecule has 0 spiro atoms. The lowest BCUT2D eigenvalue weighted by Gasteiger charge is -2.11. The third kappa shape index (κ3) is 5.50. The Morgan fingerprint density at radius 1 is 1.00 bits per heavy atom. The van der Waals surface area contributed by atoms with Gasteiger partial charge in [0.1, 0.15) is 10.6 Å². The maximum atomic E-state index is 13.6. The van der Waals surface area contributed by atoms with Crippen LogP contribution in [0.3, 0.4) is 0 Å². The summed E-state index contributed by atoms with van der Waals surface area (Å²) in [6, 6.07) is 13.1. The van der Waals surface area contributed by atoms with E-state index < -0.39 is 23.3 Å². The first-order valence-electron chi connectivity index (χ1n) is 12.2. The van der Waals surface area contributed by atoms with Gasteiger partial charge in [0.25, 0.3) is 17.4 Å². The monoisotopic (exact) mass is 532 g/mol. The fourth-order valence-electron chi connectivity index (χ4n) is 3.92. The second-order valence-electron chi connectivity index (χ2n) is 8.69. The number of benzene rings is 2. The summed E-state index contributed by atoms with van der Waals surface area (Å²) in [5.74, 6) is -1.64. The molecule has 0 saturated carbocycles. The van der Waals surface area contributed by atoms with Crippen molar-refractivity contribution in [1.82, 2.24) is 9.38 Å². The standard InChI is InChI=1S/C28H28N4O5S/c1-5-8-20-15-22(33)32-23(25(34)31-21-10-7-9-16(3)17(21)4)24(38-28(32)30-20)26(35)29-19-13-11-18(12-14-19)27(36)37-6-2/h7,9-15H,5-6,8H2,1-4H3,(H,29,35)(H,31,34). The molecule has 2 amide bonds. The molecule has 0 saturated heterocycles. The van der Waals surface area contributed by atoms with Crippen LogP contribution in [0.1, 0.15) is 67.6 Å². The van der Waals surface area contributed by atoms with Crippen LogP contribution in [0.15, 0.2) is 53.3 Å². The number of carbonyl (C=O) groups is 3. The first-order valence-corrected chi connectivity index (χ1v) is 13.1. The fourth-order valence-corrected chi connectivity index (χ4v) is 4.97. The van der Waals surface area contributed by atoms with Gasteiger partial charge in [0, 0.05) is 23.1 Å². The van der Waals surface area contributed by atoms with Crippen molar-refractivity contribution in [1.29, 1.82) is 0 Å². The number of nitrogens with zero attached hydrogens (tertiary/aromatic N) is 2. The summed E-state index contributed by atoms with van der Waals surface area (Å²) in [5.41, 5.74) is 3.29. The molecule has 0 aliphatic carbocycles. The quantitative estimate of drug-likeness (QED) is 0.308. The summed E-state index contributed by atoms with van der Waals surface area (Å²) < 4.78 is 6.17. The molecule has 0 aliphatic heterocycles. The lowest BCUT2D eigenvalue weighted by Crippen LogP contribution is -2.25. The number of carbonyl (C=O) groups excluding carboxylic acids is 3. The average molecular weight is 533 g/mol. The summed E-state index contributed by atoms with van der Waals surface area (Å²) in [5, 5.41) is 5.60. The Morgan fingerprint density at radius 2 is 1.74 bits per heavy atom. The van der Waals surface area contributed by atoms with Crippen molar-refractivity contribution in [2.75, 3.05) is 17.2 Å². The minimum absolute atomic E-state index is 0.0422. The highest BCUT2D eigenvalue weighted by molar-refractivity contribution is 7.19. The molecule has 2 aromatic heterocycles. The molecule has 0 unspecified atom stereocenters. The van der Waals surface area contributed by atoms with Gasteiger partial charge in [-0.3, -0.25) is 14.4 Å². The molecule has 9 nitrogen and oxygen atoms in total. The number of hydrogen-bond acceptors (Lipinski definition) is 7. The van der Waals surface area contributed by atoms with Crippen molar-refractivity contribution in [3.63, 3.8) is 0 Å². The number of thiazole rings is 1. The van der Waals surface area contributed by atoms with E-state index in [2.05, 4.69) is 15.6 Å². The predicted octanol–water partition coefficient (Wildman–Crippen LogP) is 5.01. The van der Waals surface area contributed by atoms with Crippen molar-refractivity contribution in [3.05, 3.63) is 91.8 Å². The number of amides is 2. The average Bonchev–Trinajstić information content (AvgIpc) is 3.28. The third-order valence-electron chi connectivity index (χ3n) is 6.01. The minimum Gasteiger partial charge on any atom is -0.462 e. The number of fused-ring (bicyclic) bond motifs is 1. The molecule has 0 atom stereocenters. The fraction of sp³-hybridized carbons (Fsp3) is 0.250. The number of aromatic nitrogens is 2. The first-order chi connectivity index (χ1) is 18.2. The Kier molecular flexibility index (Phi) is 8.02. The molecule has 2 heterocycles. The Balaban J connectivity index is 1.74. The highest BCUT2D eigenvalue weighted by atomic mass is 32.1. The van der Waals surface area contributed by atoms with Gasteiger partial charge in [-0.25, -0.2) is 14.2 Å². The lowest BCUT2D eigenvalue weighted by atomic mass is 10.1. The molecule has 38 heavy (non-hydrogen) atoms. The zero-order valence-corrected chi connectivity index (χ0v) is 22.4. The van der Waals surface area contributed by atoms with Crippen LogP contribution in [0.25, 0.3) is 4.96 Å². The molecule has 196 valence electrons. The van der Waals surface area contributed by atoms with Crippen molar-refractivity contribution >= 4 is 45.5 Å². The van der Waals surface area contributed by atoms with Crippen LogP contribution in [-0.2, 0) is 11.2 Å². The molecule has 4 rings (SSSR count). The summed E-state index contributed by atoms with van der Waals surface area (Å²) in [4.78, 5) is 56.8. The number of nitrogens with one attached hydrogen (secondary N) is 2. The second kappa shape index (κ2) is 11.4. The molecule has 0 aliphatic rings. The van der Waals surface area contributed by atoms with E-state index in [-0.39, 0.29) is 22.1 Å². The van der Waals surface area contributed by atoms with Crippen molar-refractivity contribution in [3.8, 4) is 0 Å². The van der Waals surface area contributed by atoms with Crippen LogP contribution >= 0.6 is 11.3 Å². The van der Waals surface area contributed by atoms with E-state index in [4.69, 9.17) is 4.74 Å². The third-order valence-corrected chi connectivity index (χ3v) is 7.05. The smallest absolute Gasteiger partial charge is 0.338 e. The van der Waals surface area contributed by atoms with Gasteiger partial charge in [-0.1, -0.05) is 36.8 Å². The molecular weight excluding hydrogens is 504 g/mol. The van der Waals surface area contributed by atoms with Gasteiger partial charge in [0.05, 0.1) is 12.2 Å². The number of aryl methyl sites for hydroxylation is 2. The second-order valence-corrected chi connectivity index (χ2v) is 9.66. The molecule has 10 heteroatoms. The summed E-state index contributed by atoms with van der Waals surface area (Å²) in [7, 11) is 0. The molecule has 2 aromatic carbocycles. The Labute approximate surface area is 223 Å². The van der Waals surface area contributed by atoms with E-state index in [0.717, 1.165) is 28.9 Å². The van der Waals surface area contributed by atoms with Gasteiger partial charge < -0.3 is 15.4 Å². The first kappa shape index (κ1) is 26.7. The summed E-state index contributed by atoms with van der Waals surface area (Å²) in [6.45, 7) is 7.77. The van der Waals surface area contributed by atoms with Crippen LogP contribution in [0.4, 0.5) is 11.4 Å². The topological polar surface area (TPSA) is 119 Å². The maximum Gasteiger partial charge on any atom is 0.338 e. The normalized spacial score (nSPS) is 10.8. The number of hydrogen-bond donors (Lipinski definition) is 2. The number of anilines is 2. The van der Waals surface area contributed by atoms with E-state index in [1.54, 1.807) is 25.1 Å². The molecule has 4 aromatic rings. The van der Waals surface area contributed by atoms with Crippen LogP contribution in [0, 0.1) is 13.8 Å². The maximum absolute atomic E-state index is 13.6. The van der Waals surface area contributed by atoms with Gasteiger partial charge in [0.2, 0.25) is 0 Å².